The van der Waals surface area contributed by atoms with Gasteiger partial charge in [-0.1, -0.05) is 16.8 Å². The summed E-state index contributed by atoms with van der Waals surface area (Å²) < 4.78 is 5.70. The number of hydrogen-bond donors (Lipinski definition) is 1. The highest BCUT2D eigenvalue weighted by Crippen LogP contribution is 2.35. The van der Waals surface area contributed by atoms with Crippen molar-refractivity contribution in [2.75, 3.05) is 0 Å². The fraction of sp³-hybridized carbons (Fsp3) is 0.200. The highest BCUT2D eigenvalue weighted by atomic mass is 35.5. The molecule has 2 aromatic heterocycles. The number of thiophene rings is 1. The van der Waals surface area contributed by atoms with Crippen molar-refractivity contribution < 1.29 is 14.4 Å². The van der Waals surface area contributed by atoms with Crippen LogP contribution in [0.25, 0.3) is 10.6 Å². The van der Waals surface area contributed by atoms with Crippen molar-refractivity contribution in [1.82, 2.24) is 5.16 Å². The minimum absolute atomic E-state index is 0.479. The second kappa shape index (κ2) is 4.27. The van der Waals surface area contributed by atoms with Crippen LogP contribution in [-0.4, -0.2) is 16.2 Å². The number of carbonyl (C=O) groups is 1. The van der Waals surface area contributed by atoms with E-state index in [1.165, 1.54) is 17.5 Å². The zero-order chi connectivity index (χ0) is 11.7. The third-order valence-electron chi connectivity index (χ3n) is 2.23. The maximum atomic E-state index is 10.9. The molecule has 16 heavy (non-hydrogen) atoms. The Balaban J connectivity index is 2.43. The number of carboxylic acids is 1. The molecule has 2 rings (SSSR count). The van der Waals surface area contributed by atoms with E-state index in [2.05, 4.69) is 5.16 Å². The lowest BCUT2D eigenvalue weighted by Gasteiger charge is -2.03. The molecule has 1 unspecified atom stereocenters. The van der Waals surface area contributed by atoms with E-state index >= 15 is 0 Å². The zero-order valence-corrected chi connectivity index (χ0v) is 9.88. The minimum atomic E-state index is -0.910. The van der Waals surface area contributed by atoms with Gasteiger partial charge in [0.25, 0.3) is 0 Å². The Morgan fingerprint density at radius 1 is 1.62 bits per heavy atom. The summed E-state index contributed by atoms with van der Waals surface area (Å²) in [5.74, 6) is -1.08. The van der Waals surface area contributed by atoms with Crippen LogP contribution in [0.3, 0.4) is 0 Å². The smallest absolute Gasteiger partial charge is 0.310 e. The van der Waals surface area contributed by atoms with Crippen LogP contribution in [0.4, 0.5) is 0 Å². The monoisotopic (exact) mass is 257 g/mol. The molecule has 0 aromatic carbocycles. The molecule has 0 aliphatic carbocycles. The average molecular weight is 258 g/mol. The maximum absolute atomic E-state index is 10.9. The first-order chi connectivity index (χ1) is 7.59. The Kier molecular flexibility index (Phi) is 2.98. The highest BCUT2D eigenvalue weighted by Gasteiger charge is 2.22. The first kappa shape index (κ1) is 11.2. The van der Waals surface area contributed by atoms with Gasteiger partial charge in [-0.05, 0) is 19.1 Å². The van der Waals surface area contributed by atoms with Gasteiger partial charge in [-0.25, -0.2) is 0 Å². The molecule has 1 N–H and O–H groups in total. The van der Waals surface area contributed by atoms with Crippen LogP contribution in [0.2, 0.25) is 4.34 Å². The van der Waals surface area contributed by atoms with Crippen LogP contribution < -0.4 is 0 Å². The Hall–Kier alpha value is -1.33. The van der Waals surface area contributed by atoms with Crippen molar-refractivity contribution in [2.45, 2.75) is 12.8 Å². The molecule has 2 aromatic rings. The highest BCUT2D eigenvalue weighted by molar-refractivity contribution is 7.19. The summed E-state index contributed by atoms with van der Waals surface area (Å²) >= 11 is 7.14. The number of hydrogen-bond acceptors (Lipinski definition) is 4. The molecule has 0 spiro atoms. The maximum Gasteiger partial charge on any atom is 0.310 e. The van der Waals surface area contributed by atoms with Crippen LogP contribution in [0.5, 0.6) is 0 Å². The molecule has 0 bridgehead atoms. The number of nitrogens with zero attached hydrogens (tertiary/aromatic N) is 1. The lowest BCUT2D eigenvalue weighted by atomic mass is 10.0. The van der Waals surface area contributed by atoms with Gasteiger partial charge in [-0.15, -0.1) is 11.3 Å². The van der Waals surface area contributed by atoms with Gasteiger partial charge in [0, 0.05) is 5.56 Å². The van der Waals surface area contributed by atoms with Gasteiger partial charge >= 0.3 is 5.97 Å². The van der Waals surface area contributed by atoms with Crippen molar-refractivity contribution in [3.63, 3.8) is 0 Å². The van der Waals surface area contributed by atoms with E-state index in [-0.39, 0.29) is 0 Å². The summed E-state index contributed by atoms with van der Waals surface area (Å²) in [6, 6.07) is 3.52. The van der Waals surface area contributed by atoms with E-state index in [9.17, 15) is 4.79 Å². The van der Waals surface area contributed by atoms with Gasteiger partial charge in [0.05, 0.1) is 21.3 Å². The molecule has 0 fully saturated rings. The SMILES string of the molecule is CC(C(=O)O)c1cnoc1-c1ccc(Cl)s1. The molecular weight excluding hydrogens is 250 g/mol. The summed E-state index contributed by atoms with van der Waals surface area (Å²) in [6.45, 7) is 1.59. The normalized spacial score (nSPS) is 12.6. The van der Waals surface area contributed by atoms with Gasteiger partial charge in [-0.2, -0.15) is 0 Å². The minimum Gasteiger partial charge on any atom is -0.481 e. The Bertz CT molecular complexity index is 520. The van der Waals surface area contributed by atoms with E-state index in [0.29, 0.717) is 15.7 Å². The average Bonchev–Trinajstić information content (AvgIpc) is 2.83. The number of aromatic nitrogens is 1. The molecule has 0 saturated carbocycles. The zero-order valence-electron chi connectivity index (χ0n) is 8.31. The summed E-state index contributed by atoms with van der Waals surface area (Å²) in [7, 11) is 0. The summed E-state index contributed by atoms with van der Waals surface area (Å²) in [4.78, 5) is 11.7. The number of rotatable bonds is 3. The van der Waals surface area contributed by atoms with Gasteiger partial charge in [-0.3, -0.25) is 4.79 Å². The second-order valence-corrected chi connectivity index (χ2v) is 4.99. The predicted molar refractivity (Wildman–Crippen MR) is 60.9 cm³/mol. The van der Waals surface area contributed by atoms with E-state index in [1.54, 1.807) is 19.1 Å². The second-order valence-electron chi connectivity index (χ2n) is 3.27. The molecule has 84 valence electrons. The van der Waals surface area contributed by atoms with E-state index in [1.807, 2.05) is 0 Å². The fourth-order valence-corrected chi connectivity index (χ4v) is 2.35. The molecule has 6 heteroatoms. The van der Waals surface area contributed by atoms with Crippen molar-refractivity contribution in [2.24, 2.45) is 0 Å². The number of carboxylic acid groups (broad SMARTS) is 1. The van der Waals surface area contributed by atoms with Gasteiger partial charge in [0.15, 0.2) is 5.76 Å². The molecule has 0 saturated heterocycles. The molecule has 4 nitrogen and oxygen atoms in total. The summed E-state index contributed by atoms with van der Waals surface area (Å²) in [5, 5.41) is 12.6. The third-order valence-corrected chi connectivity index (χ3v) is 3.46. The van der Waals surface area contributed by atoms with Crippen LogP contribution in [0, 0.1) is 0 Å². The number of halogens is 1. The first-order valence-corrected chi connectivity index (χ1v) is 5.72. The van der Waals surface area contributed by atoms with Crippen LogP contribution in [-0.2, 0) is 4.79 Å². The third kappa shape index (κ3) is 1.96. The lowest BCUT2D eigenvalue weighted by Crippen LogP contribution is -2.07. The Labute approximate surface area is 100 Å². The lowest BCUT2D eigenvalue weighted by molar-refractivity contribution is -0.138. The Morgan fingerprint density at radius 2 is 2.38 bits per heavy atom. The predicted octanol–water partition coefficient (Wildman–Crippen LogP) is 3.24. The topological polar surface area (TPSA) is 63.3 Å². The number of aliphatic carboxylic acids is 1. The largest absolute Gasteiger partial charge is 0.481 e. The molecule has 0 radical (unpaired) electrons. The van der Waals surface area contributed by atoms with Crippen molar-refractivity contribution in [3.05, 3.63) is 28.2 Å². The van der Waals surface area contributed by atoms with Crippen LogP contribution >= 0.6 is 22.9 Å². The molecule has 0 aliphatic rings. The first-order valence-electron chi connectivity index (χ1n) is 4.52. The van der Waals surface area contributed by atoms with Crippen LogP contribution in [0.15, 0.2) is 22.9 Å². The molecule has 1 atom stereocenters. The quantitative estimate of drug-likeness (QED) is 0.917. The van der Waals surface area contributed by atoms with Crippen molar-refractivity contribution in [1.29, 1.82) is 0 Å². The summed E-state index contributed by atoms with van der Waals surface area (Å²) in [5.41, 5.74) is 0.561. The standard InChI is InChI=1S/C10H8ClNO3S/c1-5(10(13)14)6-4-12-15-9(6)7-2-3-8(11)16-7/h2-5H,1H3,(H,13,14). The van der Waals surface area contributed by atoms with Gasteiger partial charge in [0.1, 0.15) is 0 Å². The van der Waals surface area contributed by atoms with E-state index < -0.39 is 11.9 Å². The van der Waals surface area contributed by atoms with Crippen molar-refractivity contribution in [3.8, 4) is 10.6 Å². The molecule has 0 aliphatic heterocycles. The fourth-order valence-electron chi connectivity index (χ4n) is 1.31. The van der Waals surface area contributed by atoms with E-state index in [4.69, 9.17) is 21.2 Å². The molecule has 2 heterocycles. The van der Waals surface area contributed by atoms with Crippen LogP contribution in [0.1, 0.15) is 18.4 Å². The molecular formula is C10H8ClNO3S. The van der Waals surface area contributed by atoms with E-state index in [0.717, 1.165) is 4.88 Å². The van der Waals surface area contributed by atoms with Gasteiger partial charge in [0.2, 0.25) is 0 Å². The summed E-state index contributed by atoms with van der Waals surface area (Å²) in [6.07, 6.45) is 1.43. The Morgan fingerprint density at radius 3 is 2.94 bits per heavy atom. The van der Waals surface area contributed by atoms with Crippen molar-refractivity contribution >= 4 is 28.9 Å². The molecule has 0 amide bonds. The van der Waals surface area contributed by atoms with Gasteiger partial charge < -0.3 is 9.63 Å².